The Morgan fingerprint density at radius 1 is 1.42 bits per heavy atom. The maximum atomic E-state index is 11.2. The van der Waals surface area contributed by atoms with Gasteiger partial charge in [-0.05, 0) is 5.56 Å². The molecule has 0 spiro atoms. The molecule has 1 atom stereocenters. The van der Waals surface area contributed by atoms with Gasteiger partial charge in [-0.25, -0.2) is 4.21 Å². The minimum atomic E-state index is -2.75. The van der Waals surface area contributed by atoms with Crippen LogP contribution in [0.4, 0.5) is 0 Å². The Morgan fingerprint density at radius 2 is 2.00 bits per heavy atom. The van der Waals surface area contributed by atoms with Crippen molar-refractivity contribution in [1.82, 2.24) is 0 Å². The average Bonchev–Trinajstić information content (AvgIpc) is 2.06. The summed E-state index contributed by atoms with van der Waals surface area (Å²) in [6, 6.07) is 9.19. The summed E-state index contributed by atoms with van der Waals surface area (Å²) in [4.78, 5) is 0. The predicted octanol–water partition coefficient (Wildman–Crippen LogP) is 1.61. The van der Waals surface area contributed by atoms with Gasteiger partial charge in [0.1, 0.15) is 0 Å². The highest BCUT2D eigenvalue weighted by Crippen LogP contribution is 1.96. The smallest absolute Gasteiger partial charge is 0.0818 e. The van der Waals surface area contributed by atoms with E-state index in [9.17, 15) is 8.76 Å². The van der Waals surface area contributed by atoms with Crippen molar-refractivity contribution >= 4 is 15.2 Å². The fraction of sp³-hybridized carbons (Fsp3) is 0.222. The second kappa shape index (κ2) is 3.74. The van der Waals surface area contributed by atoms with Crippen LogP contribution in [0, 0.1) is 0 Å². The molecule has 2 nitrogen and oxygen atoms in total. The van der Waals surface area contributed by atoms with E-state index in [-0.39, 0.29) is 5.75 Å². The standard InChI is InChI=1S/C9H12O2S/c1-2-12(10,11)8-9-6-4-3-5-7-9/h3-8H,2H2,1H3,(H,10,11). The summed E-state index contributed by atoms with van der Waals surface area (Å²) in [5.74, 6) is 0.266. The van der Waals surface area contributed by atoms with Gasteiger partial charge < -0.3 is 4.55 Å². The second-order valence-corrected chi connectivity index (χ2v) is 4.70. The fourth-order valence-electron chi connectivity index (χ4n) is 0.828. The molecule has 0 aliphatic carbocycles. The van der Waals surface area contributed by atoms with Crippen LogP contribution in [0.15, 0.2) is 30.3 Å². The maximum Gasteiger partial charge on any atom is 0.0818 e. The van der Waals surface area contributed by atoms with Gasteiger partial charge in [-0.3, -0.25) is 0 Å². The van der Waals surface area contributed by atoms with Crippen LogP contribution in [0.2, 0.25) is 0 Å². The molecule has 1 aromatic rings. The quantitative estimate of drug-likeness (QED) is 0.709. The molecule has 1 unspecified atom stereocenters. The molecule has 66 valence electrons. The van der Waals surface area contributed by atoms with Crippen molar-refractivity contribution in [3.63, 3.8) is 0 Å². The fourth-order valence-corrected chi connectivity index (χ4v) is 1.58. The number of hydrogen-bond acceptors (Lipinski definition) is 1. The van der Waals surface area contributed by atoms with Gasteiger partial charge in [0, 0.05) is 11.1 Å². The summed E-state index contributed by atoms with van der Waals surface area (Å²) in [5.41, 5.74) is 0.798. The molecule has 3 heteroatoms. The van der Waals surface area contributed by atoms with E-state index in [1.165, 1.54) is 5.37 Å². The van der Waals surface area contributed by atoms with Crippen LogP contribution >= 0.6 is 0 Å². The van der Waals surface area contributed by atoms with Crippen molar-refractivity contribution in [2.45, 2.75) is 6.92 Å². The Labute approximate surface area is 73.1 Å². The van der Waals surface area contributed by atoms with E-state index in [1.807, 2.05) is 30.3 Å². The van der Waals surface area contributed by atoms with Gasteiger partial charge in [0.25, 0.3) is 0 Å². The Hall–Kier alpha value is -0.800. The van der Waals surface area contributed by atoms with E-state index in [0.717, 1.165) is 5.56 Å². The Kier molecular flexibility index (Phi) is 2.89. The molecule has 0 radical (unpaired) electrons. The molecule has 0 amide bonds. The third kappa shape index (κ3) is 2.68. The third-order valence-electron chi connectivity index (χ3n) is 1.53. The van der Waals surface area contributed by atoms with Crippen molar-refractivity contribution in [1.29, 1.82) is 0 Å². The molecule has 12 heavy (non-hydrogen) atoms. The van der Waals surface area contributed by atoms with Crippen molar-refractivity contribution in [2.24, 2.45) is 0 Å². The highest BCUT2D eigenvalue weighted by molar-refractivity contribution is 7.96. The van der Waals surface area contributed by atoms with Crippen molar-refractivity contribution in [3.8, 4) is 0 Å². The second-order valence-electron chi connectivity index (χ2n) is 2.51. The van der Waals surface area contributed by atoms with Crippen LogP contribution in [0.5, 0.6) is 0 Å². The van der Waals surface area contributed by atoms with Crippen LogP contribution in [0.3, 0.4) is 0 Å². The number of rotatable bonds is 2. The van der Waals surface area contributed by atoms with Gasteiger partial charge >= 0.3 is 0 Å². The lowest BCUT2D eigenvalue weighted by Crippen LogP contribution is -2.05. The van der Waals surface area contributed by atoms with Crippen LogP contribution in [-0.2, 0) is 9.80 Å². The molecular formula is C9H12O2S. The van der Waals surface area contributed by atoms with E-state index >= 15 is 0 Å². The summed E-state index contributed by atoms with van der Waals surface area (Å²) in [7, 11) is -2.75. The van der Waals surface area contributed by atoms with E-state index in [1.54, 1.807) is 6.92 Å². The Balaban J connectivity index is 3.04. The van der Waals surface area contributed by atoms with Crippen LogP contribution < -0.4 is 0 Å². The summed E-state index contributed by atoms with van der Waals surface area (Å²) >= 11 is 0. The molecule has 0 aliphatic rings. The molecule has 1 aromatic carbocycles. The van der Waals surface area contributed by atoms with Gasteiger partial charge in [-0.1, -0.05) is 37.3 Å². The van der Waals surface area contributed by atoms with Gasteiger partial charge in [-0.2, -0.15) is 0 Å². The lowest BCUT2D eigenvalue weighted by atomic mass is 10.2. The lowest BCUT2D eigenvalue weighted by Gasteiger charge is -1.98. The zero-order valence-corrected chi connectivity index (χ0v) is 7.75. The molecule has 0 heterocycles. The van der Waals surface area contributed by atoms with Gasteiger partial charge in [0.2, 0.25) is 0 Å². The minimum absolute atomic E-state index is 0.266. The molecule has 0 fully saturated rings. The highest BCUT2D eigenvalue weighted by Gasteiger charge is 1.96. The van der Waals surface area contributed by atoms with E-state index < -0.39 is 9.80 Å². The largest absolute Gasteiger partial charge is 0.313 e. The molecule has 1 N–H and O–H groups in total. The van der Waals surface area contributed by atoms with Crippen LogP contribution in [0.25, 0.3) is 0 Å². The Morgan fingerprint density at radius 3 is 2.50 bits per heavy atom. The maximum absolute atomic E-state index is 11.2. The van der Waals surface area contributed by atoms with Crippen molar-refractivity contribution in [2.75, 3.05) is 5.75 Å². The van der Waals surface area contributed by atoms with Gasteiger partial charge in [-0.15, -0.1) is 0 Å². The first kappa shape index (κ1) is 9.29. The topological polar surface area (TPSA) is 37.3 Å². The van der Waals surface area contributed by atoms with Crippen LogP contribution in [0.1, 0.15) is 12.5 Å². The first-order valence-electron chi connectivity index (χ1n) is 3.78. The zero-order chi connectivity index (χ0) is 9.03. The SMILES string of the molecule is CCS(=O)(O)=Cc1ccccc1. The molecule has 0 aromatic heterocycles. The molecule has 0 bridgehead atoms. The summed E-state index contributed by atoms with van der Waals surface area (Å²) in [6.07, 6.45) is 0. The number of benzene rings is 1. The lowest BCUT2D eigenvalue weighted by molar-refractivity contribution is 0.561. The Bertz CT molecular complexity index is 348. The average molecular weight is 184 g/mol. The van der Waals surface area contributed by atoms with Crippen molar-refractivity contribution < 1.29 is 8.76 Å². The van der Waals surface area contributed by atoms with E-state index in [4.69, 9.17) is 0 Å². The highest BCUT2D eigenvalue weighted by atomic mass is 32.2. The predicted molar refractivity (Wildman–Crippen MR) is 52.9 cm³/mol. The summed E-state index contributed by atoms with van der Waals surface area (Å²) in [6.45, 7) is 1.70. The first-order chi connectivity index (χ1) is 5.64. The summed E-state index contributed by atoms with van der Waals surface area (Å²) in [5, 5.41) is 1.41. The van der Waals surface area contributed by atoms with E-state index in [2.05, 4.69) is 0 Å². The van der Waals surface area contributed by atoms with Gasteiger partial charge in [0.05, 0.1) is 9.80 Å². The zero-order valence-electron chi connectivity index (χ0n) is 6.93. The third-order valence-corrected chi connectivity index (χ3v) is 3.00. The normalized spacial score (nSPS) is 15.2. The van der Waals surface area contributed by atoms with Crippen LogP contribution in [-0.4, -0.2) is 19.9 Å². The molecule has 0 aliphatic heterocycles. The molecular weight excluding hydrogens is 172 g/mol. The van der Waals surface area contributed by atoms with Crippen molar-refractivity contribution in [3.05, 3.63) is 35.9 Å². The monoisotopic (exact) mass is 184 g/mol. The molecule has 0 saturated heterocycles. The molecule has 1 rings (SSSR count). The summed E-state index contributed by atoms with van der Waals surface area (Å²) < 4.78 is 20.5. The minimum Gasteiger partial charge on any atom is -0.313 e. The van der Waals surface area contributed by atoms with Gasteiger partial charge in [0.15, 0.2) is 0 Å². The van der Waals surface area contributed by atoms with E-state index in [0.29, 0.717) is 0 Å². The first-order valence-corrected chi connectivity index (χ1v) is 5.53. The number of hydrogen-bond donors (Lipinski definition) is 1. The molecule has 0 saturated carbocycles.